The number of anilines is 1. The zero-order valence-electron chi connectivity index (χ0n) is 13.4. The number of hydrogen-bond donors (Lipinski definition) is 1. The van der Waals surface area contributed by atoms with Gasteiger partial charge in [-0.3, -0.25) is 0 Å². The molecule has 112 valence electrons. The van der Waals surface area contributed by atoms with Crippen molar-refractivity contribution in [1.82, 2.24) is 9.55 Å². The van der Waals surface area contributed by atoms with Crippen LogP contribution in [-0.4, -0.2) is 15.6 Å². The van der Waals surface area contributed by atoms with Gasteiger partial charge in [-0.05, 0) is 56.8 Å². The second-order valence-electron chi connectivity index (χ2n) is 7.52. The normalized spacial score (nSPS) is 30.1. The summed E-state index contributed by atoms with van der Waals surface area (Å²) in [5.74, 6) is 4.58. The Kier molecular flexibility index (Phi) is 3.78. The molecule has 3 nitrogen and oxygen atoms in total. The van der Waals surface area contributed by atoms with E-state index in [0.29, 0.717) is 12.0 Å². The third-order valence-corrected chi connectivity index (χ3v) is 5.25. The maximum absolute atomic E-state index is 4.69. The summed E-state index contributed by atoms with van der Waals surface area (Å²) in [5.41, 5.74) is 1.12. The van der Waals surface area contributed by atoms with Crippen molar-refractivity contribution in [3.05, 3.63) is 11.9 Å². The van der Waals surface area contributed by atoms with Crippen LogP contribution in [0, 0.1) is 30.6 Å². The average molecular weight is 275 g/mol. The van der Waals surface area contributed by atoms with Gasteiger partial charge in [0, 0.05) is 18.8 Å². The summed E-state index contributed by atoms with van der Waals surface area (Å²) in [6, 6.07) is 0.554. The maximum atomic E-state index is 4.69. The number of rotatable bonds is 5. The number of aryl methyl sites for hydroxylation is 1. The molecule has 20 heavy (non-hydrogen) atoms. The van der Waals surface area contributed by atoms with Crippen molar-refractivity contribution in [2.45, 2.75) is 66.0 Å². The molecule has 3 rings (SSSR count). The minimum absolute atomic E-state index is 0.554. The SMILES string of the molecule is Cc1cn(CC(C)C)c(NC(C)C2CC3CCC2C3)n1. The van der Waals surface area contributed by atoms with E-state index < -0.39 is 0 Å². The first-order valence-corrected chi connectivity index (χ1v) is 8.33. The van der Waals surface area contributed by atoms with Gasteiger partial charge in [0.2, 0.25) is 5.95 Å². The zero-order valence-corrected chi connectivity index (χ0v) is 13.4. The summed E-state index contributed by atoms with van der Waals surface area (Å²) in [6.45, 7) is 10.0. The van der Waals surface area contributed by atoms with Crippen LogP contribution in [0.2, 0.25) is 0 Å². The summed E-state index contributed by atoms with van der Waals surface area (Å²) in [4.78, 5) is 4.69. The molecule has 0 aliphatic heterocycles. The average Bonchev–Trinajstić information content (AvgIpc) is 3.05. The van der Waals surface area contributed by atoms with Gasteiger partial charge in [-0.2, -0.15) is 0 Å². The summed E-state index contributed by atoms with van der Waals surface area (Å²) in [6.07, 6.45) is 8.03. The first-order valence-electron chi connectivity index (χ1n) is 8.33. The maximum Gasteiger partial charge on any atom is 0.203 e. The fourth-order valence-electron chi connectivity index (χ4n) is 4.41. The van der Waals surface area contributed by atoms with Crippen LogP contribution in [0.4, 0.5) is 5.95 Å². The third-order valence-electron chi connectivity index (χ3n) is 5.25. The Balaban J connectivity index is 1.68. The van der Waals surface area contributed by atoms with Gasteiger partial charge < -0.3 is 9.88 Å². The summed E-state index contributed by atoms with van der Waals surface area (Å²) in [7, 11) is 0. The van der Waals surface area contributed by atoms with Crippen LogP contribution in [0.15, 0.2) is 6.20 Å². The van der Waals surface area contributed by atoms with Crippen molar-refractivity contribution < 1.29 is 0 Å². The fourth-order valence-corrected chi connectivity index (χ4v) is 4.41. The first-order chi connectivity index (χ1) is 9.52. The van der Waals surface area contributed by atoms with Gasteiger partial charge in [0.15, 0.2) is 0 Å². The topological polar surface area (TPSA) is 29.9 Å². The van der Waals surface area contributed by atoms with Gasteiger partial charge in [0.1, 0.15) is 0 Å². The Labute approximate surface area is 123 Å². The molecule has 2 bridgehead atoms. The Morgan fingerprint density at radius 3 is 2.70 bits per heavy atom. The first kappa shape index (κ1) is 14.0. The van der Waals surface area contributed by atoms with Crippen molar-refractivity contribution in [2.24, 2.45) is 23.7 Å². The van der Waals surface area contributed by atoms with E-state index in [9.17, 15) is 0 Å². The quantitative estimate of drug-likeness (QED) is 0.877. The molecular weight excluding hydrogens is 246 g/mol. The smallest absolute Gasteiger partial charge is 0.203 e. The molecule has 0 spiro atoms. The standard InChI is InChI=1S/C17H29N3/c1-11(2)9-20-10-12(3)18-17(20)19-13(4)16-8-14-5-6-15(16)7-14/h10-11,13-16H,5-9H2,1-4H3,(H,18,19). The van der Waals surface area contributed by atoms with E-state index in [4.69, 9.17) is 0 Å². The molecule has 2 aliphatic carbocycles. The van der Waals surface area contributed by atoms with Crippen LogP contribution in [0.1, 0.15) is 52.1 Å². The van der Waals surface area contributed by atoms with Crippen LogP contribution >= 0.6 is 0 Å². The minimum Gasteiger partial charge on any atom is -0.353 e. The van der Waals surface area contributed by atoms with E-state index in [1.54, 1.807) is 0 Å². The lowest BCUT2D eigenvalue weighted by Gasteiger charge is -2.29. The van der Waals surface area contributed by atoms with Crippen molar-refractivity contribution in [2.75, 3.05) is 5.32 Å². The van der Waals surface area contributed by atoms with Crippen LogP contribution < -0.4 is 5.32 Å². The number of nitrogens with one attached hydrogen (secondary N) is 1. The van der Waals surface area contributed by atoms with E-state index in [-0.39, 0.29) is 0 Å². The number of imidazole rings is 1. The molecule has 1 aromatic rings. The van der Waals surface area contributed by atoms with Crippen molar-refractivity contribution in [3.8, 4) is 0 Å². The Morgan fingerprint density at radius 2 is 2.10 bits per heavy atom. The second kappa shape index (κ2) is 5.42. The highest BCUT2D eigenvalue weighted by Gasteiger charge is 2.41. The van der Waals surface area contributed by atoms with E-state index >= 15 is 0 Å². The summed E-state index contributed by atoms with van der Waals surface area (Å²) < 4.78 is 2.30. The Morgan fingerprint density at radius 1 is 1.30 bits per heavy atom. The Hall–Kier alpha value is -0.990. The summed E-state index contributed by atoms with van der Waals surface area (Å²) >= 11 is 0. The fraction of sp³-hybridized carbons (Fsp3) is 0.824. The molecule has 2 fully saturated rings. The molecule has 4 unspecified atom stereocenters. The van der Waals surface area contributed by atoms with Crippen molar-refractivity contribution >= 4 is 5.95 Å². The monoisotopic (exact) mass is 275 g/mol. The number of nitrogens with zero attached hydrogens (tertiary/aromatic N) is 2. The van der Waals surface area contributed by atoms with E-state index in [1.807, 2.05) is 0 Å². The van der Waals surface area contributed by atoms with Gasteiger partial charge in [0.05, 0.1) is 5.69 Å². The van der Waals surface area contributed by atoms with Gasteiger partial charge in [-0.1, -0.05) is 20.3 Å². The van der Waals surface area contributed by atoms with Gasteiger partial charge >= 0.3 is 0 Å². The van der Waals surface area contributed by atoms with Gasteiger partial charge in [0.25, 0.3) is 0 Å². The zero-order chi connectivity index (χ0) is 14.3. The van der Waals surface area contributed by atoms with E-state index in [1.165, 1.54) is 25.7 Å². The molecule has 1 heterocycles. The van der Waals surface area contributed by atoms with Crippen molar-refractivity contribution in [3.63, 3.8) is 0 Å². The van der Waals surface area contributed by atoms with Crippen molar-refractivity contribution in [1.29, 1.82) is 0 Å². The highest BCUT2D eigenvalue weighted by Crippen LogP contribution is 2.49. The Bertz CT molecular complexity index is 463. The minimum atomic E-state index is 0.554. The van der Waals surface area contributed by atoms with Gasteiger partial charge in [-0.25, -0.2) is 4.98 Å². The molecule has 4 atom stereocenters. The van der Waals surface area contributed by atoms with Crippen LogP contribution in [0.3, 0.4) is 0 Å². The highest BCUT2D eigenvalue weighted by molar-refractivity contribution is 5.30. The number of hydrogen-bond acceptors (Lipinski definition) is 2. The molecule has 0 saturated heterocycles. The summed E-state index contributed by atoms with van der Waals surface area (Å²) in [5, 5.41) is 3.72. The largest absolute Gasteiger partial charge is 0.353 e. The van der Waals surface area contributed by atoms with Crippen LogP contribution in [0.25, 0.3) is 0 Å². The predicted octanol–water partition coefficient (Wildman–Crippen LogP) is 4.08. The molecule has 0 amide bonds. The van der Waals surface area contributed by atoms with E-state index in [2.05, 4.69) is 48.8 Å². The highest BCUT2D eigenvalue weighted by atomic mass is 15.2. The molecule has 1 aromatic heterocycles. The third kappa shape index (κ3) is 2.72. The molecule has 1 N–H and O–H groups in total. The predicted molar refractivity (Wildman–Crippen MR) is 83.8 cm³/mol. The molecule has 3 heteroatoms. The van der Waals surface area contributed by atoms with E-state index in [0.717, 1.165) is 35.9 Å². The van der Waals surface area contributed by atoms with Gasteiger partial charge in [-0.15, -0.1) is 0 Å². The number of aromatic nitrogens is 2. The molecule has 2 aliphatic rings. The molecule has 2 saturated carbocycles. The lowest BCUT2D eigenvalue weighted by molar-refractivity contribution is 0.303. The number of fused-ring (bicyclic) bond motifs is 2. The molecular formula is C17H29N3. The lowest BCUT2D eigenvalue weighted by Crippen LogP contribution is -2.31. The second-order valence-corrected chi connectivity index (χ2v) is 7.52. The van der Waals surface area contributed by atoms with Crippen LogP contribution in [0.5, 0.6) is 0 Å². The lowest BCUT2D eigenvalue weighted by atomic mass is 9.84. The molecule has 0 radical (unpaired) electrons. The van der Waals surface area contributed by atoms with Crippen LogP contribution in [-0.2, 0) is 6.54 Å². The molecule has 0 aromatic carbocycles.